The van der Waals surface area contributed by atoms with Crippen molar-refractivity contribution in [3.63, 3.8) is 0 Å². The monoisotopic (exact) mass is 416 g/mol. The van der Waals surface area contributed by atoms with Crippen LogP contribution in [0.1, 0.15) is 33.2 Å². The summed E-state index contributed by atoms with van der Waals surface area (Å²) in [4.78, 5) is 36.7. The molecule has 0 aliphatic rings. The molecule has 2 amide bonds. The highest BCUT2D eigenvalue weighted by atomic mass is 16.6. The summed E-state index contributed by atoms with van der Waals surface area (Å²) < 4.78 is 20.5. The summed E-state index contributed by atoms with van der Waals surface area (Å²) in [6, 6.07) is 9.69. The van der Waals surface area contributed by atoms with Crippen LogP contribution >= 0.6 is 0 Å². The number of ketones is 1. The Balaban J connectivity index is 2.24. The highest BCUT2D eigenvalue weighted by Gasteiger charge is 2.19. The molecule has 2 rings (SSSR count). The van der Waals surface area contributed by atoms with Gasteiger partial charge in [-0.1, -0.05) is 18.2 Å². The van der Waals surface area contributed by atoms with Gasteiger partial charge in [0.05, 0.1) is 27.9 Å². The van der Waals surface area contributed by atoms with E-state index in [4.69, 9.17) is 18.9 Å². The van der Waals surface area contributed by atoms with Gasteiger partial charge in [-0.15, -0.1) is 0 Å². The molecule has 2 aromatic carbocycles. The first-order chi connectivity index (χ1) is 14.4. The Bertz CT molecular complexity index is 902. The zero-order chi connectivity index (χ0) is 22.1. The summed E-state index contributed by atoms with van der Waals surface area (Å²) in [6.45, 7) is 1.81. The van der Waals surface area contributed by atoms with Crippen LogP contribution in [0.4, 0.5) is 4.79 Å². The van der Waals surface area contributed by atoms with Crippen LogP contribution < -0.4 is 25.1 Å². The Morgan fingerprint density at radius 1 is 0.900 bits per heavy atom. The Morgan fingerprint density at radius 3 is 2.10 bits per heavy atom. The molecule has 0 fully saturated rings. The molecule has 9 heteroatoms. The minimum absolute atomic E-state index is 0.0539. The number of nitrogens with one attached hydrogen (secondary N) is 2. The fraction of sp³-hybridized carbons (Fsp3) is 0.286. The molecule has 0 aromatic heterocycles. The van der Waals surface area contributed by atoms with E-state index >= 15 is 0 Å². The number of carbonyl (C=O) groups is 3. The van der Waals surface area contributed by atoms with E-state index in [0.717, 1.165) is 0 Å². The van der Waals surface area contributed by atoms with E-state index in [1.807, 2.05) is 0 Å². The Morgan fingerprint density at radius 2 is 1.53 bits per heavy atom. The summed E-state index contributed by atoms with van der Waals surface area (Å²) in [6.07, 6.45) is -0.835. The summed E-state index contributed by atoms with van der Waals surface area (Å²) in [5, 5.41) is 0. The molecule has 0 spiro atoms. The molecule has 0 saturated heterocycles. The quantitative estimate of drug-likeness (QED) is 0.502. The molecule has 0 heterocycles. The lowest BCUT2D eigenvalue weighted by molar-refractivity contribution is 0.0911. The lowest BCUT2D eigenvalue weighted by atomic mass is 9.98. The minimum atomic E-state index is -0.781. The van der Waals surface area contributed by atoms with Crippen LogP contribution in [0.3, 0.4) is 0 Å². The van der Waals surface area contributed by atoms with Crippen molar-refractivity contribution in [3.05, 3.63) is 53.1 Å². The number of ether oxygens (including phenoxy) is 4. The number of benzene rings is 2. The molecule has 9 nitrogen and oxygen atoms in total. The number of hydrazine groups is 1. The van der Waals surface area contributed by atoms with Crippen LogP contribution in [0.25, 0.3) is 0 Å². The van der Waals surface area contributed by atoms with Crippen molar-refractivity contribution in [2.75, 3.05) is 27.9 Å². The van der Waals surface area contributed by atoms with Crippen molar-refractivity contribution in [1.29, 1.82) is 0 Å². The number of carbonyl (C=O) groups excluding carboxylic acids is 3. The van der Waals surface area contributed by atoms with E-state index in [0.29, 0.717) is 28.4 Å². The second kappa shape index (κ2) is 10.7. The number of hydrogen-bond donors (Lipinski definition) is 2. The molecular weight excluding hydrogens is 392 g/mol. The van der Waals surface area contributed by atoms with Gasteiger partial charge in [0, 0.05) is 17.5 Å². The molecule has 2 aromatic rings. The summed E-state index contributed by atoms with van der Waals surface area (Å²) >= 11 is 0. The van der Waals surface area contributed by atoms with E-state index in [1.54, 1.807) is 43.3 Å². The van der Waals surface area contributed by atoms with Crippen molar-refractivity contribution in [1.82, 2.24) is 10.9 Å². The van der Waals surface area contributed by atoms with Gasteiger partial charge in [-0.3, -0.25) is 15.0 Å². The van der Waals surface area contributed by atoms with Gasteiger partial charge in [0.2, 0.25) is 5.75 Å². The first-order valence-electron chi connectivity index (χ1n) is 9.09. The highest BCUT2D eigenvalue weighted by Crippen LogP contribution is 2.38. The fourth-order valence-electron chi connectivity index (χ4n) is 2.76. The minimum Gasteiger partial charge on any atom is -0.493 e. The van der Waals surface area contributed by atoms with Gasteiger partial charge in [0.1, 0.15) is 0 Å². The first kappa shape index (κ1) is 22.5. The van der Waals surface area contributed by atoms with Gasteiger partial charge in [-0.05, 0) is 30.7 Å². The molecule has 30 heavy (non-hydrogen) atoms. The zero-order valence-corrected chi connectivity index (χ0v) is 17.2. The van der Waals surface area contributed by atoms with Gasteiger partial charge >= 0.3 is 6.09 Å². The third kappa shape index (κ3) is 5.40. The van der Waals surface area contributed by atoms with E-state index in [9.17, 15) is 14.4 Å². The van der Waals surface area contributed by atoms with Gasteiger partial charge in [-0.2, -0.15) is 0 Å². The van der Waals surface area contributed by atoms with Crippen molar-refractivity contribution in [2.45, 2.75) is 13.3 Å². The third-order valence-corrected chi connectivity index (χ3v) is 4.15. The van der Waals surface area contributed by atoms with E-state index < -0.39 is 12.0 Å². The molecular formula is C21H24N2O7. The van der Waals surface area contributed by atoms with Crippen molar-refractivity contribution in [3.8, 4) is 17.2 Å². The molecule has 0 atom stereocenters. The smallest absolute Gasteiger partial charge is 0.426 e. The van der Waals surface area contributed by atoms with Crippen LogP contribution in [0, 0.1) is 0 Å². The van der Waals surface area contributed by atoms with Crippen LogP contribution in [-0.4, -0.2) is 45.7 Å². The predicted molar refractivity (Wildman–Crippen MR) is 108 cm³/mol. The van der Waals surface area contributed by atoms with E-state index in [2.05, 4.69) is 10.9 Å². The summed E-state index contributed by atoms with van der Waals surface area (Å²) in [5.41, 5.74) is 5.47. The Hall–Kier alpha value is -3.75. The average Bonchev–Trinajstić information content (AvgIpc) is 2.76. The number of rotatable bonds is 8. The maximum atomic E-state index is 12.9. The lowest BCUT2D eigenvalue weighted by Crippen LogP contribution is -2.42. The second-order valence-corrected chi connectivity index (χ2v) is 5.97. The number of amides is 2. The zero-order valence-electron chi connectivity index (χ0n) is 17.2. The van der Waals surface area contributed by atoms with Gasteiger partial charge < -0.3 is 18.9 Å². The molecule has 0 saturated carbocycles. The number of hydrogen-bond acceptors (Lipinski definition) is 7. The maximum Gasteiger partial charge on any atom is 0.426 e. The molecule has 0 radical (unpaired) electrons. The maximum absolute atomic E-state index is 12.9. The molecule has 2 N–H and O–H groups in total. The van der Waals surface area contributed by atoms with Crippen LogP contribution in [0.5, 0.6) is 17.2 Å². The molecule has 0 aliphatic heterocycles. The number of Topliss-reactive ketones (excluding diaryl/α,β-unsaturated/α-hetero) is 1. The normalized spacial score (nSPS) is 10.0. The van der Waals surface area contributed by atoms with E-state index in [-0.39, 0.29) is 24.4 Å². The molecule has 160 valence electrons. The average molecular weight is 416 g/mol. The SMILES string of the molecule is CCOC(=O)NNC(=O)c1ccccc1CC(=O)c1cc(OC)c(OC)c(OC)c1. The standard InChI is InChI=1S/C21H24N2O7/c1-5-30-21(26)23-22-20(25)15-9-7-6-8-13(15)10-16(24)14-11-17(27-2)19(29-4)18(12-14)28-3/h6-9,11-12H,5,10H2,1-4H3,(H,22,25)(H,23,26). The van der Waals surface area contributed by atoms with Crippen LogP contribution in [-0.2, 0) is 11.2 Å². The van der Waals surface area contributed by atoms with Gasteiger partial charge in [-0.25, -0.2) is 10.2 Å². The summed E-state index contributed by atoms with van der Waals surface area (Å²) in [7, 11) is 4.39. The van der Waals surface area contributed by atoms with Gasteiger partial charge in [0.25, 0.3) is 5.91 Å². The predicted octanol–water partition coefficient (Wildman–Crippen LogP) is 2.53. The van der Waals surface area contributed by atoms with Crippen molar-refractivity contribution < 1.29 is 33.3 Å². The summed E-state index contributed by atoms with van der Waals surface area (Å²) in [5.74, 6) is 0.250. The van der Waals surface area contributed by atoms with E-state index in [1.165, 1.54) is 21.3 Å². The van der Waals surface area contributed by atoms with Crippen molar-refractivity contribution >= 4 is 17.8 Å². The lowest BCUT2D eigenvalue weighted by Gasteiger charge is -2.14. The Kier molecular flexibility index (Phi) is 8.04. The van der Waals surface area contributed by atoms with Gasteiger partial charge in [0.15, 0.2) is 17.3 Å². The molecule has 0 bridgehead atoms. The first-order valence-corrected chi connectivity index (χ1v) is 9.09. The Labute approximate surface area is 174 Å². The molecule has 0 aliphatic carbocycles. The highest BCUT2D eigenvalue weighted by molar-refractivity contribution is 6.02. The fourth-order valence-corrected chi connectivity index (χ4v) is 2.76. The third-order valence-electron chi connectivity index (χ3n) is 4.15. The van der Waals surface area contributed by atoms with Crippen LogP contribution in [0.2, 0.25) is 0 Å². The topological polar surface area (TPSA) is 112 Å². The largest absolute Gasteiger partial charge is 0.493 e. The number of methoxy groups -OCH3 is 3. The second-order valence-electron chi connectivity index (χ2n) is 5.97. The van der Waals surface area contributed by atoms with Crippen molar-refractivity contribution in [2.24, 2.45) is 0 Å². The molecule has 0 unspecified atom stereocenters. The van der Waals surface area contributed by atoms with Crippen LogP contribution in [0.15, 0.2) is 36.4 Å².